The molecule has 0 saturated heterocycles. The standard InChI is InChI=1S/C17H16N2O4S2.C10H8O3S/c1-2-24(20,21)17-9-5-8-16(18-17)19-25(22,23)15-11-10-13-6-3-4-7-14(13)12-15;11-14(12,13)10-6-5-8-3-1-2-4-9(8)7-10/h3-12H,2H2,1H3,(H,18,19);1-7H,(H,11,12,13). The maximum atomic E-state index is 12.6. The molecule has 202 valence electrons. The van der Waals surface area contributed by atoms with Crippen LogP contribution in [-0.2, 0) is 30.0 Å². The van der Waals surface area contributed by atoms with Crippen molar-refractivity contribution in [1.29, 1.82) is 0 Å². The average molecular weight is 585 g/mol. The first kappa shape index (κ1) is 28.2. The molecule has 4 aromatic carbocycles. The quantitative estimate of drug-likeness (QED) is 0.267. The van der Waals surface area contributed by atoms with Crippen LogP contribution in [0.1, 0.15) is 6.92 Å². The van der Waals surface area contributed by atoms with Gasteiger partial charge in [-0.1, -0.05) is 73.7 Å². The highest BCUT2D eigenvalue weighted by molar-refractivity contribution is 7.92. The maximum Gasteiger partial charge on any atom is 0.294 e. The monoisotopic (exact) mass is 584 g/mol. The molecule has 0 aliphatic heterocycles. The second-order valence-corrected chi connectivity index (χ2v) is 13.7. The van der Waals surface area contributed by atoms with Gasteiger partial charge in [-0.15, -0.1) is 0 Å². The van der Waals surface area contributed by atoms with Crippen LogP contribution in [0.4, 0.5) is 5.82 Å². The number of nitrogens with zero attached hydrogens (tertiary/aromatic N) is 1. The lowest BCUT2D eigenvalue weighted by molar-refractivity contribution is 0.483. The molecule has 0 radical (unpaired) electrons. The smallest absolute Gasteiger partial charge is 0.282 e. The molecule has 1 heterocycles. The van der Waals surface area contributed by atoms with Crippen LogP contribution in [0.2, 0.25) is 0 Å². The Kier molecular flexibility index (Phi) is 8.02. The molecule has 9 nitrogen and oxygen atoms in total. The Bertz CT molecular complexity index is 1990. The molecular formula is C27H24N2O7S3. The molecule has 12 heteroatoms. The molecule has 0 spiro atoms. The molecule has 39 heavy (non-hydrogen) atoms. The number of rotatable bonds is 6. The summed E-state index contributed by atoms with van der Waals surface area (Å²) < 4.78 is 81.8. The summed E-state index contributed by atoms with van der Waals surface area (Å²) in [4.78, 5) is 3.92. The van der Waals surface area contributed by atoms with Gasteiger partial charge in [0.2, 0.25) is 0 Å². The molecule has 0 atom stereocenters. The minimum atomic E-state index is -4.09. The van der Waals surface area contributed by atoms with Crippen LogP contribution < -0.4 is 4.72 Å². The molecule has 2 N–H and O–H groups in total. The first-order valence-electron chi connectivity index (χ1n) is 11.6. The summed E-state index contributed by atoms with van der Waals surface area (Å²) >= 11 is 0. The highest BCUT2D eigenvalue weighted by atomic mass is 32.2. The second-order valence-electron chi connectivity index (χ2n) is 8.36. The van der Waals surface area contributed by atoms with Gasteiger partial charge in [0, 0.05) is 0 Å². The van der Waals surface area contributed by atoms with Gasteiger partial charge in [0.1, 0.15) is 5.82 Å². The van der Waals surface area contributed by atoms with E-state index in [0.717, 1.165) is 21.5 Å². The Labute approximate surface area is 226 Å². The molecule has 0 bridgehead atoms. The minimum Gasteiger partial charge on any atom is -0.282 e. The third-order valence-electron chi connectivity index (χ3n) is 5.71. The zero-order valence-electron chi connectivity index (χ0n) is 20.6. The van der Waals surface area contributed by atoms with Gasteiger partial charge in [-0.25, -0.2) is 21.8 Å². The van der Waals surface area contributed by atoms with E-state index in [1.807, 2.05) is 42.5 Å². The van der Waals surface area contributed by atoms with E-state index in [1.165, 1.54) is 43.3 Å². The zero-order chi connectivity index (χ0) is 28.3. The Morgan fingerprint density at radius 3 is 1.69 bits per heavy atom. The summed E-state index contributed by atoms with van der Waals surface area (Å²) in [7, 11) is -11.5. The number of nitrogens with one attached hydrogen (secondary N) is 1. The fourth-order valence-corrected chi connectivity index (χ4v) is 6.02. The van der Waals surface area contributed by atoms with Gasteiger partial charge >= 0.3 is 0 Å². The first-order valence-corrected chi connectivity index (χ1v) is 16.1. The van der Waals surface area contributed by atoms with Crippen molar-refractivity contribution >= 4 is 57.3 Å². The lowest BCUT2D eigenvalue weighted by Crippen LogP contribution is -2.15. The Hall–Kier alpha value is -3.84. The summed E-state index contributed by atoms with van der Waals surface area (Å²) in [6, 6.07) is 28.2. The summed E-state index contributed by atoms with van der Waals surface area (Å²) in [5.74, 6) is -0.149. The molecule has 0 saturated carbocycles. The van der Waals surface area contributed by atoms with E-state index in [4.69, 9.17) is 4.55 Å². The first-order chi connectivity index (χ1) is 18.4. The van der Waals surface area contributed by atoms with E-state index in [9.17, 15) is 25.3 Å². The predicted octanol–water partition coefficient (Wildman–Crippen LogP) is 4.92. The van der Waals surface area contributed by atoms with Gasteiger partial charge in [0.15, 0.2) is 14.9 Å². The highest BCUT2D eigenvalue weighted by Crippen LogP contribution is 2.22. The third kappa shape index (κ3) is 6.79. The minimum absolute atomic E-state index is 0.0392. The lowest BCUT2D eigenvalue weighted by Gasteiger charge is -2.09. The SMILES string of the molecule is CCS(=O)(=O)c1cccc(NS(=O)(=O)c2ccc3ccccc3c2)n1.O=S(=O)(O)c1ccc2ccccc2c1. The number of hydrogen-bond acceptors (Lipinski definition) is 7. The fraction of sp³-hybridized carbons (Fsp3) is 0.0741. The van der Waals surface area contributed by atoms with E-state index in [2.05, 4.69) is 9.71 Å². The maximum absolute atomic E-state index is 12.6. The van der Waals surface area contributed by atoms with Crippen LogP contribution in [0.5, 0.6) is 0 Å². The van der Waals surface area contributed by atoms with Crippen LogP contribution in [0.3, 0.4) is 0 Å². The van der Waals surface area contributed by atoms with Crippen LogP contribution in [-0.4, -0.2) is 40.5 Å². The molecule has 0 fully saturated rings. The Balaban J connectivity index is 0.000000212. The number of anilines is 1. The van der Waals surface area contributed by atoms with E-state index in [1.54, 1.807) is 24.3 Å². The van der Waals surface area contributed by atoms with Crippen LogP contribution in [0.25, 0.3) is 21.5 Å². The second kappa shape index (κ2) is 11.1. The van der Waals surface area contributed by atoms with Crippen molar-refractivity contribution in [3.63, 3.8) is 0 Å². The Morgan fingerprint density at radius 1 is 0.641 bits per heavy atom. The van der Waals surface area contributed by atoms with E-state index < -0.39 is 30.0 Å². The van der Waals surface area contributed by atoms with Crippen molar-refractivity contribution < 1.29 is 29.8 Å². The Morgan fingerprint density at radius 2 is 1.15 bits per heavy atom. The topological polar surface area (TPSA) is 148 Å². The van der Waals surface area contributed by atoms with E-state index in [0.29, 0.717) is 0 Å². The van der Waals surface area contributed by atoms with Crippen molar-refractivity contribution in [3.8, 4) is 0 Å². The lowest BCUT2D eigenvalue weighted by atomic mass is 10.1. The van der Waals surface area contributed by atoms with Crippen molar-refractivity contribution in [2.24, 2.45) is 0 Å². The van der Waals surface area contributed by atoms with Gasteiger partial charge < -0.3 is 0 Å². The largest absolute Gasteiger partial charge is 0.294 e. The van der Waals surface area contributed by atoms with Gasteiger partial charge in [0.05, 0.1) is 15.5 Å². The predicted molar refractivity (Wildman–Crippen MR) is 150 cm³/mol. The molecule has 0 aliphatic rings. The fourth-order valence-electron chi connectivity index (χ4n) is 3.65. The number of pyridine rings is 1. The average Bonchev–Trinajstić information content (AvgIpc) is 2.92. The van der Waals surface area contributed by atoms with Gasteiger partial charge in [-0.2, -0.15) is 8.42 Å². The van der Waals surface area contributed by atoms with Crippen molar-refractivity contribution in [3.05, 3.63) is 103 Å². The summed E-state index contributed by atoms with van der Waals surface area (Å²) in [5, 5.41) is 3.30. The van der Waals surface area contributed by atoms with E-state index in [-0.39, 0.29) is 26.4 Å². The van der Waals surface area contributed by atoms with E-state index >= 15 is 0 Å². The number of sulfonamides is 1. The van der Waals surface area contributed by atoms with Crippen molar-refractivity contribution in [1.82, 2.24) is 4.98 Å². The van der Waals surface area contributed by atoms with Crippen LogP contribution in [0, 0.1) is 0 Å². The van der Waals surface area contributed by atoms with Crippen LogP contribution in [0.15, 0.2) is 118 Å². The molecule has 5 rings (SSSR count). The molecule has 5 aromatic rings. The number of hydrogen-bond donors (Lipinski definition) is 2. The number of aromatic nitrogens is 1. The number of benzene rings is 4. The zero-order valence-corrected chi connectivity index (χ0v) is 23.0. The molecule has 0 aliphatic carbocycles. The van der Waals surface area contributed by atoms with Crippen molar-refractivity contribution in [2.75, 3.05) is 10.5 Å². The van der Waals surface area contributed by atoms with Gasteiger partial charge in [0.25, 0.3) is 20.1 Å². The normalized spacial score (nSPS) is 12.1. The van der Waals surface area contributed by atoms with Crippen molar-refractivity contribution in [2.45, 2.75) is 21.7 Å². The molecule has 0 unspecified atom stereocenters. The number of fused-ring (bicyclic) bond motifs is 2. The summed E-state index contributed by atoms with van der Waals surface area (Å²) in [6.45, 7) is 1.50. The molecular weight excluding hydrogens is 561 g/mol. The molecule has 1 aromatic heterocycles. The summed E-state index contributed by atoms with van der Waals surface area (Å²) in [6.07, 6.45) is 0. The van der Waals surface area contributed by atoms with Crippen LogP contribution >= 0.6 is 0 Å². The summed E-state index contributed by atoms with van der Waals surface area (Å²) in [5.41, 5.74) is 0. The molecule has 0 amide bonds. The van der Waals surface area contributed by atoms with Gasteiger partial charge in [-0.3, -0.25) is 9.27 Å². The van der Waals surface area contributed by atoms with Gasteiger partial charge in [-0.05, 0) is 57.9 Å². The highest BCUT2D eigenvalue weighted by Gasteiger charge is 2.18. The number of sulfone groups is 1. The third-order valence-corrected chi connectivity index (χ3v) is 9.54.